The summed E-state index contributed by atoms with van der Waals surface area (Å²) in [6.45, 7) is 0. The van der Waals surface area contributed by atoms with Gasteiger partial charge in [-0.1, -0.05) is 35.9 Å². The molecule has 0 fully saturated rings. The lowest BCUT2D eigenvalue weighted by atomic mass is 10.2. The minimum Gasteiger partial charge on any atom is -0.341 e. The summed E-state index contributed by atoms with van der Waals surface area (Å²) in [6, 6.07) is 7.74. The Labute approximate surface area is 128 Å². The quantitative estimate of drug-likeness (QED) is 0.573. The summed E-state index contributed by atoms with van der Waals surface area (Å²) in [6.07, 6.45) is 3.08. The number of fused-ring (bicyclic) bond motifs is 2. The van der Waals surface area contributed by atoms with E-state index < -0.39 is 0 Å². The van der Waals surface area contributed by atoms with Crippen LogP contribution in [0.15, 0.2) is 47.0 Å². The van der Waals surface area contributed by atoms with E-state index in [1.807, 2.05) is 24.3 Å². The lowest BCUT2D eigenvalue weighted by Gasteiger charge is -2.05. The zero-order valence-corrected chi connectivity index (χ0v) is 12.1. The summed E-state index contributed by atoms with van der Waals surface area (Å²) in [5.74, 6) is 0. The van der Waals surface area contributed by atoms with Gasteiger partial charge in [0.1, 0.15) is 21.9 Å². The summed E-state index contributed by atoms with van der Waals surface area (Å²) in [5.41, 5.74) is 1.40. The fourth-order valence-corrected chi connectivity index (χ4v) is 3.14. The van der Waals surface area contributed by atoms with E-state index in [-0.39, 0.29) is 0 Å². The summed E-state index contributed by atoms with van der Waals surface area (Å²) >= 11 is 7.49. The largest absolute Gasteiger partial charge is 0.341 e. The summed E-state index contributed by atoms with van der Waals surface area (Å²) in [5, 5.41) is 11.9. The number of nitrogens with zero attached hydrogens (tertiary/aromatic N) is 5. The van der Waals surface area contributed by atoms with E-state index in [1.165, 1.54) is 18.1 Å². The number of H-pyrrole nitrogens is 1. The van der Waals surface area contributed by atoms with E-state index in [0.29, 0.717) is 10.8 Å². The van der Waals surface area contributed by atoms with Crippen LogP contribution in [0.2, 0.25) is 5.15 Å². The Morgan fingerprint density at radius 3 is 2.71 bits per heavy atom. The molecule has 0 saturated heterocycles. The first-order valence-electron chi connectivity index (χ1n) is 6.06. The first-order valence-corrected chi connectivity index (χ1v) is 7.25. The molecule has 0 radical (unpaired) electrons. The van der Waals surface area contributed by atoms with Crippen LogP contribution in [0.25, 0.3) is 21.9 Å². The van der Waals surface area contributed by atoms with Crippen LogP contribution in [0.3, 0.4) is 0 Å². The number of aromatic amines is 1. The highest BCUT2D eigenvalue weighted by atomic mass is 35.5. The molecule has 0 unspecified atom stereocenters. The number of halogens is 1. The average Bonchev–Trinajstić information content (AvgIpc) is 3.00. The first kappa shape index (κ1) is 12.5. The van der Waals surface area contributed by atoms with Crippen molar-refractivity contribution in [1.29, 1.82) is 0 Å². The second-order valence-corrected chi connectivity index (χ2v) is 5.56. The van der Waals surface area contributed by atoms with Gasteiger partial charge >= 0.3 is 0 Å². The molecule has 0 amide bonds. The van der Waals surface area contributed by atoms with Gasteiger partial charge in [-0.2, -0.15) is 0 Å². The van der Waals surface area contributed by atoms with E-state index in [1.54, 1.807) is 6.33 Å². The fourth-order valence-electron chi connectivity index (χ4n) is 2.03. The highest BCUT2D eigenvalue weighted by molar-refractivity contribution is 7.99. The standard InChI is InChI=1S/C13H7ClN6S/c14-10-7-3-1-2-4-8(7)12(20-19-10)21-13-9-11(16-5-15-9)17-6-18-13/h1-6H,(H,15,16,17,18). The number of hydrogen-bond donors (Lipinski definition) is 1. The van der Waals surface area contributed by atoms with Crippen molar-refractivity contribution in [2.45, 2.75) is 10.1 Å². The molecular weight excluding hydrogens is 308 g/mol. The van der Waals surface area contributed by atoms with Crippen LogP contribution in [-0.4, -0.2) is 30.1 Å². The van der Waals surface area contributed by atoms with E-state index in [2.05, 4.69) is 30.1 Å². The highest BCUT2D eigenvalue weighted by Crippen LogP contribution is 2.34. The van der Waals surface area contributed by atoms with Crippen molar-refractivity contribution in [3.63, 3.8) is 0 Å². The third-order valence-corrected chi connectivity index (χ3v) is 4.27. The van der Waals surface area contributed by atoms with Gasteiger partial charge in [0.05, 0.1) is 6.33 Å². The van der Waals surface area contributed by atoms with Crippen molar-refractivity contribution in [2.24, 2.45) is 0 Å². The predicted octanol–water partition coefficient (Wildman–Crippen LogP) is 3.10. The highest BCUT2D eigenvalue weighted by Gasteiger charge is 2.13. The van der Waals surface area contributed by atoms with Crippen LogP contribution in [0.4, 0.5) is 0 Å². The Morgan fingerprint density at radius 2 is 1.81 bits per heavy atom. The van der Waals surface area contributed by atoms with Crippen molar-refractivity contribution in [3.8, 4) is 0 Å². The number of hydrogen-bond acceptors (Lipinski definition) is 6. The SMILES string of the molecule is Clc1nnc(Sc2ncnc3nc[nH]c23)c2ccccc12. The van der Waals surface area contributed by atoms with Crippen LogP contribution in [0.1, 0.15) is 0 Å². The van der Waals surface area contributed by atoms with Crippen molar-refractivity contribution >= 4 is 45.3 Å². The first-order chi connectivity index (χ1) is 10.3. The monoisotopic (exact) mass is 314 g/mol. The molecule has 4 rings (SSSR count). The van der Waals surface area contributed by atoms with Gasteiger partial charge in [-0.05, 0) is 11.8 Å². The number of aromatic nitrogens is 6. The normalized spacial score (nSPS) is 11.3. The summed E-state index contributed by atoms with van der Waals surface area (Å²) in [4.78, 5) is 15.5. The van der Waals surface area contributed by atoms with Crippen molar-refractivity contribution in [3.05, 3.63) is 42.1 Å². The van der Waals surface area contributed by atoms with Gasteiger partial charge in [0.15, 0.2) is 10.8 Å². The van der Waals surface area contributed by atoms with Gasteiger partial charge in [0.2, 0.25) is 0 Å². The third-order valence-electron chi connectivity index (χ3n) is 2.99. The van der Waals surface area contributed by atoms with Crippen molar-refractivity contribution in [2.75, 3.05) is 0 Å². The molecule has 1 aromatic carbocycles. The minimum absolute atomic E-state index is 0.393. The predicted molar refractivity (Wildman–Crippen MR) is 80.4 cm³/mol. The van der Waals surface area contributed by atoms with Gasteiger partial charge in [0, 0.05) is 10.8 Å². The molecule has 3 heterocycles. The fraction of sp³-hybridized carbons (Fsp3) is 0. The maximum absolute atomic E-state index is 6.08. The summed E-state index contributed by atoms with van der Waals surface area (Å²) < 4.78 is 0. The molecule has 0 bridgehead atoms. The molecule has 0 saturated carbocycles. The molecule has 8 heteroatoms. The number of nitrogens with one attached hydrogen (secondary N) is 1. The number of rotatable bonds is 2. The zero-order chi connectivity index (χ0) is 14.2. The van der Waals surface area contributed by atoms with Crippen LogP contribution in [0, 0.1) is 0 Å². The maximum Gasteiger partial charge on any atom is 0.181 e. The third kappa shape index (κ3) is 2.10. The van der Waals surface area contributed by atoms with Gasteiger partial charge in [-0.15, -0.1) is 10.2 Å². The molecule has 4 aromatic rings. The molecule has 0 aliphatic carbocycles. The average molecular weight is 315 g/mol. The van der Waals surface area contributed by atoms with E-state index >= 15 is 0 Å². The van der Waals surface area contributed by atoms with Crippen molar-refractivity contribution in [1.82, 2.24) is 30.1 Å². The van der Waals surface area contributed by atoms with Gasteiger partial charge in [-0.3, -0.25) is 0 Å². The molecule has 0 spiro atoms. The lowest BCUT2D eigenvalue weighted by Crippen LogP contribution is -1.91. The second kappa shape index (κ2) is 4.94. The van der Waals surface area contributed by atoms with Gasteiger partial charge < -0.3 is 4.98 Å². The van der Waals surface area contributed by atoms with Gasteiger partial charge in [0.25, 0.3) is 0 Å². The Hall–Kier alpha value is -2.25. The molecule has 6 nitrogen and oxygen atoms in total. The molecule has 0 aliphatic heterocycles. The van der Waals surface area contributed by atoms with E-state index in [4.69, 9.17) is 11.6 Å². The molecule has 0 aliphatic rings. The minimum atomic E-state index is 0.393. The van der Waals surface area contributed by atoms with E-state index in [0.717, 1.165) is 26.3 Å². The van der Waals surface area contributed by atoms with Crippen LogP contribution < -0.4 is 0 Å². The Morgan fingerprint density at radius 1 is 0.952 bits per heavy atom. The molecule has 0 atom stereocenters. The van der Waals surface area contributed by atoms with Crippen molar-refractivity contribution < 1.29 is 0 Å². The molecule has 102 valence electrons. The Kier molecular flexibility index (Phi) is 2.94. The Bertz CT molecular complexity index is 954. The van der Waals surface area contributed by atoms with Gasteiger partial charge in [-0.25, -0.2) is 15.0 Å². The number of benzene rings is 1. The zero-order valence-electron chi connectivity index (χ0n) is 10.5. The topological polar surface area (TPSA) is 80.2 Å². The Balaban J connectivity index is 1.88. The van der Waals surface area contributed by atoms with Crippen LogP contribution in [0.5, 0.6) is 0 Å². The smallest absolute Gasteiger partial charge is 0.181 e. The molecule has 21 heavy (non-hydrogen) atoms. The molecular formula is C13H7ClN6S. The summed E-state index contributed by atoms with van der Waals surface area (Å²) in [7, 11) is 0. The lowest BCUT2D eigenvalue weighted by molar-refractivity contribution is 0.952. The second-order valence-electron chi connectivity index (χ2n) is 4.22. The van der Waals surface area contributed by atoms with E-state index in [9.17, 15) is 0 Å². The van der Waals surface area contributed by atoms with Crippen LogP contribution >= 0.6 is 23.4 Å². The van der Waals surface area contributed by atoms with Crippen LogP contribution in [-0.2, 0) is 0 Å². The number of imidazole rings is 1. The maximum atomic E-state index is 6.08. The molecule has 3 aromatic heterocycles. The molecule has 1 N–H and O–H groups in total.